The summed E-state index contributed by atoms with van der Waals surface area (Å²) in [5.74, 6) is 1.15. The van der Waals surface area contributed by atoms with Crippen LogP contribution in [0.15, 0.2) is 53.1 Å². The summed E-state index contributed by atoms with van der Waals surface area (Å²) in [5, 5.41) is 6.79. The second kappa shape index (κ2) is 9.92. The molecule has 0 saturated heterocycles. The molecule has 38 heavy (non-hydrogen) atoms. The van der Waals surface area contributed by atoms with E-state index in [1.165, 1.54) is 18.2 Å². The van der Waals surface area contributed by atoms with E-state index < -0.39 is 18.6 Å². The van der Waals surface area contributed by atoms with Crippen LogP contribution in [0.5, 0.6) is 0 Å². The highest BCUT2D eigenvalue weighted by Crippen LogP contribution is 2.34. The van der Waals surface area contributed by atoms with Gasteiger partial charge in [0.05, 0.1) is 35.6 Å². The summed E-state index contributed by atoms with van der Waals surface area (Å²) in [6.07, 6.45) is -4.89. The van der Waals surface area contributed by atoms with Crippen LogP contribution in [0.3, 0.4) is 0 Å². The van der Waals surface area contributed by atoms with Crippen molar-refractivity contribution in [2.45, 2.75) is 46.3 Å². The van der Waals surface area contributed by atoms with E-state index in [1.54, 1.807) is 11.0 Å². The number of rotatable bonds is 4. The molecule has 2 aromatic heterocycles. The quantitative estimate of drug-likeness (QED) is 0.335. The molecule has 0 spiro atoms. The SMILES string of the molecule is Cc1ccccc1-c1nc(-c2c(C)noc2C)nc2c1CN(C(=O)Nc1cccc(CC(F)(F)F)c1)CC2. The number of hydrogen-bond acceptors (Lipinski definition) is 5. The van der Waals surface area contributed by atoms with Gasteiger partial charge in [-0.25, -0.2) is 14.8 Å². The van der Waals surface area contributed by atoms with Crippen LogP contribution in [-0.4, -0.2) is 38.8 Å². The number of nitrogens with one attached hydrogen (secondary N) is 1. The maximum atomic E-state index is 13.2. The number of carbonyl (C=O) groups is 1. The lowest BCUT2D eigenvalue weighted by molar-refractivity contribution is -0.127. The minimum atomic E-state index is -4.33. The van der Waals surface area contributed by atoms with Gasteiger partial charge >= 0.3 is 12.2 Å². The van der Waals surface area contributed by atoms with E-state index in [1.807, 2.05) is 45.0 Å². The highest BCUT2D eigenvalue weighted by Gasteiger charge is 2.29. The van der Waals surface area contributed by atoms with Gasteiger partial charge < -0.3 is 14.7 Å². The van der Waals surface area contributed by atoms with Gasteiger partial charge in [0.25, 0.3) is 0 Å². The van der Waals surface area contributed by atoms with Crippen LogP contribution in [-0.2, 0) is 19.4 Å². The molecule has 10 heteroatoms. The molecule has 0 unspecified atom stereocenters. The first-order valence-electron chi connectivity index (χ1n) is 12.2. The van der Waals surface area contributed by atoms with Crippen LogP contribution < -0.4 is 5.32 Å². The Morgan fingerprint density at radius 2 is 1.87 bits per heavy atom. The molecule has 0 bridgehead atoms. The molecule has 1 aliphatic heterocycles. The highest BCUT2D eigenvalue weighted by atomic mass is 19.4. The topological polar surface area (TPSA) is 84.2 Å². The molecule has 2 aromatic carbocycles. The summed E-state index contributed by atoms with van der Waals surface area (Å²) in [4.78, 5) is 24.6. The molecule has 0 saturated carbocycles. The Hall–Kier alpha value is -4.21. The van der Waals surface area contributed by atoms with Gasteiger partial charge in [-0.2, -0.15) is 13.2 Å². The van der Waals surface area contributed by atoms with E-state index in [0.717, 1.165) is 33.6 Å². The minimum Gasteiger partial charge on any atom is -0.361 e. The van der Waals surface area contributed by atoms with Crippen molar-refractivity contribution in [3.63, 3.8) is 0 Å². The van der Waals surface area contributed by atoms with Crippen LogP contribution in [0.1, 0.15) is 33.8 Å². The molecule has 1 N–H and O–H groups in total. The van der Waals surface area contributed by atoms with Gasteiger partial charge in [-0.3, -0.25) is 0 Å². The predicted octanol–water partition coefficient (Wildman–Crippen LogP) is 6.42. The number of aryl methyl sites for hydroxylation is 3. The van der Waals surface area contributed by atoms with Crippen molar-refractivity contribution in [1.82, 2.24) is 20.0 Å². The third-order valence-electron chi connectivity index (χ3n) is 6.59. The minimum absolute atomic E-state index is 0.0846. The number of amides is 2. The summed E-state index contributed by atoms with van der Waals surface area (Å²) in [7, 11) is 0. The van der Waals surface area contributed by atoms with E-state index in [2.05, 4.69) is 10.5 Å². The van der Waals surface area contributed by atoms with Crippen molar-refractivity contribution in [2.24, 2.45) is 0 Å². The van der Waals surface area contributed by atoms with Crippen LogP contribution in [0, 0.1) is 20.8 Å². The van der Waals surface area contributed by atoms with E-state index in [4.69, 9.17) is 14.5 Å². The first-order chi connectivity index (χ1) is 18.1. The van der Waals surface area contributed by atoms with Gasteiger partial charge in [-0.05, 0) is 44.0 Å². The maximum absolute atomic E-state index is 13.2. The first kappa shape index (κ1) is 25.4. The molecule has 196 valence electrons. The van der Waals surface area contributed by atoms with Crippen molar-refractivity contribution >= 4 is 11.7 Å². The van der Waals surface area contributed by atoms with Gasteiger partial charge in [0.15, 0.2) is 5.82 Å². The first-order valence-corrected chi connectivity index (χ1v) is 12.2. The molecule has 3 heterocycles. The smallest absolute Gasteiger partial charge is 0.361 e. The number of urea groups is 1. The Kier molecular flexibility index (Phi) is 6.64. The Morgan fingerprint density at radius 1 is 1.08 bits per heavy atom. The van der Waals surface area contributed by atoms with Gasteiger partial charge in [0.2, 0.25) is 0 Å². The fourth-order valence-corrected chi connectivity index (χ4v) is 4.76. The van der Waals surface area contributed by atoms with Crippen LogP contribution in [0.25, 0.3) is 22.6 Å². The molecule has 0 radical (unpaired) electrons. The lowest BCUT2D eigenvalue weighted by atomic mass is 9.96. The molecule has 2 amide bonds. The number of fused-ring (bicyclic) bond motifs is 1. The average molecular weight is 522 g/mol. The maximum Gasteiger partial charge on any atom is 0.393 e. The van der Waals surface area contributed by atoms with Crippen molar-refractivity contribution in [2.75, 3.05) is 11.9 Å². The molecular weight excluding hydrogens is 495 g/mol. The summed E-state index contributed by atoms with van der Waals surface area (Å²) in [6, 6.07) is 13.3. The van der Waals surface area contributed by atoms with Gasteiger partial charge in [-0.1, -0.05) is 41.6 Å². The Balaban J connectivity index is 1.47. The third-order valence-corrected chi connectivity index (χ3v) is 6.59. The number of aromatic nitrogens is 3. The summed E-state index contributed by atoms with van der Waals surface area (Å²) < 4.78 is 43.8. The standard InChI is InChI=1S/C28H26F3N5O2/c1-16-7-4-5-10-21(16)25-22-15-36(27(37)32-20-9-6-8-19(13-20)14-28(29,30)31)12-11-23(22)33-26(34-25)24-17(2)35-38-18(24)3/h4-10,13H,11-12,14-15H2,1-3H3,(H,32,37). The van der Waals surface area contributed by atoms with Crippen LogP contribution in [0.2, 0.25) is 0 Å². The van der Waals surface area contributed by atoms with Gasteiger partial charge in [-0.15, -0.1) is 0 Å². The number of nitrogens with zero attached hydrogens (tertiary/aromatic N) is 4. The average Bonchev–Trinajstić information content (AvgIpc) is 3.20. The highest BCUT2D eigenvalue weighted by molar-refractivity contribution is 5.89. The Morgan fingerprint density at radius 3 is 2.58 bits per heavy atom. The molecule has 0 atom stereocenters. The van der Waals surface area contributed by atoms with Gasteiger partial charge in [0.1, 0.15) is 5.76 Å². The lowest BCUT2D eigenvalue weighted by Gasteiger charge is -2.30. The number of benzene rings is 2. The molecule has 5 rings (SSSR count). The Labute approximate surface area is 217 Å². The monoisotopic (exact) mass is 521 g/mol. The zero-order valence-electron chi connectivity index (χ0n) is 21.2. The molecule has 4 aromatic rings. The molecule has 7 nitrogen and oxygen atoms in total. The van der Waals surface area contributed by atoms with Gasteiger partial charge in [0, 0.05) is 29.8 Å². The largest absolute Gasteiger partial charge is 0.393 e. The molecule has 0 aliphatic carbocycles. The van der Waals surface area contributed by atoms with E-state index in [0.29, 0.717) is 35.9 Å². The normalized spacial score (nSPS) is 13.4. The fourth-order valence-electron chi connectivity index (χ4n) is 4.76. The number of hydrogen-bond donors (Lipinski definition) is 1. The molecule has 1 aliphatic rings. The summed E-state index contributed by atoms with van der Waals surface area (Å²) >= 11 is 0. The fraction of sp³-hybridized carbons (Fsp3) is 0.286. The van der Waals surface area contributed by atoms with Crippen molar-refractivity contribution in [1.29, 1.82) is 0 Å². The van der Waals surface area contributed by atoms with Crippen molar-refractivity contribution < 1.29 is 22.5 Å². The van der Waals surface area contributed by atoms with E-state index in [9.17, 15) is 18.0 Å². The van der Waals surface area contributed by atoms with Crippen molar-refractivity contribution in [3.05, 3.63) is 82.4 Å². The van der Waals surface area contributed by atoms with Crippen LogP contribution in [0.4, 0.5) is 23.7 Å². The number of alkyl halides is 3. The van der Waals surface area contributed by atoms with E-state index in [-0.39, 0.29) is 12.1 Å². The number of carbonyl (C=O) groups excluding carboxylic acids is 1. The number of anilines is 1. The second-order valence-corrected chi connectivity index (χ2v) is 9.43. The zero-order valence-corrected chi connectivity index (χ0v) is 21.2. The second-order valence-electron chi connectivity index (χ2n) is 9.43. The Bertz CT molecular complexity index is 1490. The lowest BCUT2D eigenvalue weighted by Crippen LogP contribution is -2.39. The number of halogens is 3. The predicted molar refractivity (Wildman–Crippen MR) is 137 cm³/mol. The third kappa shape index (κ3) is 5.25. The zero-order chi connectivity index (χ0) is 27.0. The summed E-state index contributed by atoms with van der Waals surface area (Å²) in [5.41, 5.74) is 6.21. The summed E-state index contributed by atoms with van der Waals surface area (Å²) in [6.45, 7) is 6.32. The molecular formula is C28H26F3N5O2. The van der Waals surface area contributed by atoms with Crippen LogP contribution >= 0.6 is 0 Å². The van der Waals surface area contributed by atoms with Crippen molar-refractivity contribution in [3.8, 4) is 22.6 Å². The molecule has 0 fully saturated rings. The van der Waals surface area contributed by atoms with E-state index >= 15 is 0 Å².